The van der Waals surface area contributed by atoms with Crippen LogP contribution in [0.4, 0.5) is 11.4 Å². The molecule has 0 aromatic heterocycles. The van der Waals surface area contributed by atoms with Crippen LogP contribution < -0.4 is 4.90 Å². The van der Waals surface area contributed by atoms with Crippen LogP contribution in [0.3, 0.4) is 0 Å². The van der Waals surface area contributed by atoms with Gasteiger partial charge in [0.15, 0.2) is 5.78 Å². The molecule has 1 aromatic carbocycles. The van der Waals surface area contributed by atoms with Crippen LogP contribution in [0.5, 0.6) is 0 Å². The normalized spacial score (nSPS) is 10.4. The number of anilines is 1. The number of Topliss-reactive ketones (excluding diaryl/α,β-unsaturated/α-hetero) is 1. The van der Waals surface area contributed by atoms with Gasteiger partial charge in [-0.3, -0.25) is 14.9 Å². The zero-order chi connectivity index (χ0) is 15.3. The molecule has 0 saturated heterocycles. The number of halogens is 1. The Morgan fingerprint density at radius 2 is 1.85 bits per heavy atom. The number of hydrogen-bond acceptors (Lipinski definition) is 4. The molecule has 20 heavy (non-hydrogen) atoms. The summed E-state index contributed by atoms with van der Waals surface area (Å²) >= 11 is 6.19. The third-order valence-corrected chi connectivity index (χ3v) is 3.24. The van der Waals surface area contributed by atoms with E-state index in [4.69, 9.17) is 11.6 Å². The number of nitro benzene ring substituents is 1. The van der Waals surface area contributed by atoms with Gasteiger partial charge in [-0.15, -0.1) is 0 Å². The zero-order valence-electron chi connectivity index (χ0n) is 12.0. The molecule has 0 bridgehead atoms. The minimum atomic E-state index is -0.480. The number of benzene rings is 1. The van der Waals surface area contributed by atoms with Crippen molar-refractivity contribution in [1.29, 1.82) is 0 Å². The van der Waals surface area contributed by atoms with Crippen molar-refractivity contribution in [3.8, 4) is 0 Å². The molecule has 0 fully saturated rings. The predicted octanol–water partition coefficient (Wildman–Crippen LogP) is 4.08. The van der Waals surface area contributed by atoms with Gasteiger partial charge in [0, 0.05) is 24.7 Å². The van der Waals surface area contributed by atoms with Gasteiger partial charge in [0.05, 0.1) is 9.95 Å². The topological polar surface area (TPSA) is 63.5 Å². The van der Waals surface area contributed by atoms with Crippen LogP contribution in [-0.4, -0.2) is 23.8 Å². The summed E-state index contributed by atoms with van der Waals surface area (Å²) in [6, 6.07) is 2.81. The van der Waals surface area contributed by atoms with Gasteiger partial charge in [0.1, 0.15) is 5.69 Å². The molecule has 1 rings (SSSR count). The number of hydrogen-bond donors (Lipinski definition) is 0. The van der Waals surface area contributed by atoms with Crippen LogP contribution >= 0.6 is 11.6 Å². The molecule has 1 aromatic rings. The summed E-state index contributed by atoms with van der Waals surface area (Å²) in [7, 11) is 0. The van der Waals surface area contributed by atoms with E-state index in [1.807, 2.05) is 18.7 Å². The second-order valence-corrected chi connectivity index (χ2v) is 5.03. The molecule has 0 aliphatic heterocycles. The van der Waals surface area contributed by atoms with Gasteiger partial charge in [0.25, 0.3) is 5.69 Å². The standard InChI is InChI=1S/C14H19ClN2O3/c1-4-6-16(7-5-2)14-12(15)8-11(10(3)18)9-13(14)17(19)20/h8-9H,4-7H2,1-3H3. The Kier molecular flexibility index (Phi) is 5.95. The molecule has 0 aliphatic carbocycles. The van der Waals surface area contributed by atoms with Crippen LogP contribution in [0.25, 0.3) is 0 Å². The molecule has 110 valence electrons. The summed E-state index contributed by atoms with van der Waals surface area (Å²) < 4.78 is 0. The van der Waals surface area contributed by atoms with Gasteiger partial charge < -0.3 is 4.90 Å². The Balaban J connectivity index is 3.42. The molecule has 0 saturated carbocycles. The minimum Gasteiger partial charge on any atom is -0.365 e. The number of rotatable bonds is 7. The van der Waals surface area contributed by atoms with Crippen LogP contribution in [0, 0.1) is 10.1 Å². The Hall–Kier alpha value is -1.62. The van der Waals surface area contributed by atoms with Crippen molar-refractivity contribution in [2.24, 2.45) is 0 Å². The maximum absolute atomic E-state index is 11.4. The number of nitro groups is 1. The summed E-state index contributed by atoms with van der Waals surface area (Å²) in [6.45, 7) is 6.76. The molecule has 6 heteroatoms. The quantitative estimate of drug-likeness (QED) is 0.432. The molecule has 0 aliphatic rings. The van der Waals surface area contributed by atoms with E-state index in [1.165, 1.54) is 19.1 Å². The highest BCUT2D eigenvalue weighted by Gasteiger charge is 2.24. The van der Waals surface area contributed by atoms with Crippen LogP contribution in [-0.2, 0) is 0 Å². The van der Waals surface area contributed by atoms with E-state index < -0.39 is 4.92 Å². The SMILES string of the molecule is CCCN(CCC)c1c(Cl)cc(C(C)=O)cc1[N+](=O)[O-]. The molecule has 0 atom stereocenters. The maximum Gasteiger partial charge on any atom is 0.294 e. The smallest absolute Gasteiger partial charge is 0.294 e. The van der Waals surface area contributed by atoms with E-state index in [0.717, 1.165) is 12.8 Å². The van der Waals surface area contributed by atoms with Crippen molar-refractivity contribution < 1.29 is 9.72 Å². The van der Waals surface area contributed by atoms with E-state index >= 15 is 0 Å². The summed E-state index contributed by atoms with van der Waals surface area (Å²) in [6.07, 6.45) is 1.73. The van der Waals surface area contributed by atoms with Crippen molar-refractivity contribution in [2.75, 3.05) is 18.0 Å². The summed E-state index contributed by atoms with van der Waals surface area (Å²) in [4.78, 5) is 24.1. The maximum atomic E-state index is 11.4. The summed E-state index contributed by atoms with van der Waals surface area (Å²) in [5.41, 5.74) is 0.563. The third-order valence-electron chi connectivity index (χ3n) is 2.95. The molecule has 0 unspecified atom stereocenters. The number of carbonyl (C=O) groups excluding carboxylic acids is 1. The Morgan fingerprint density at radius 3 is 2.25 bits per heavy atom. The molecule has 0 radical (unpaired) electrons. The van der Waals surface area contributed by atoms with E-state index in [1.54, 1.807) is 0 Å². The lowest BCUT2D eigenvalue weighted by atomic mass is 10.1. The lowest BCUT2D eigenvalue weighted by molar-refractivity contribution is -0.384. The average Bonchev–Trinajstić information content (AvgIpc) is 2.37. The lowest BCUT2D eigenvalue weighted by Gasteiger charge is -2.24. The van der Waals surface area contributed by atoms with Crippen LogP contribution in [0.1, 0.15) is 44.0 Å². The zero-order valence-corrected chi connectivity index (χ0v) is 12.7. The highest BCUT2D eigenvalue weighted by Crippen LogP contribution is 2.37. The Morgan fingerprint density at radius 1 is 1.30 bits per heavy atom. The Labute approximate surface area is 123 Å². The van der Waals surface area contributed by atoms with Crippen molar-refractivity contribution in [3.05, 3.63) is 32.8 Å². The average molecular weight is 299 g/mol. The number of nitrogens with zero attached hydrogens (tertiary/aromatic N) is 2. The van der Waals surface area contributed by atoms with Crippen molar-refractivity contribution in [2.45, 2.75) is 33.6 Å². The van der Waals surface area contributed by atoms with Gasteiger partial charge in [-0.2, -0.15) is 0 Å². The first kappa shape index (κ1) is 16.4. The third kappa shape index (κ3) is 3.70. The number of ketones is 1. The van der Waals surface area contributed by atoms with Crippen molar-refractivity contribution in [3.63, 3.8) is 0 Å². The van der Waals surface area contributed by atoms with Crippen molar-refractivity contribution in [1.82, 2.24) is 0 Å². The molecule has 0 amide bonds. The highest BCUT2D eigenvalue weighted by atomic mass is 35.5. The van der Waals surface area contributed by atoms with Gasteiger partial charge in [-0.1, -0.05) is 25.4 Å². The van der Waals surface area contributed by atoms with E-state index in [9.17, 15) is 14.9 Å². The highest BCUT2D eigenvalue weighted by molar-refractivity contribution is 6.34. The molecule has 0 heterocycles. The molecule has 5 nitrogen and oxygen atoms in total. The molecule has 0 spiro atoms. The summed E-state index contributed by atoms with van der Waals surface area (Å²) in [5, 5.41) is 11.5. The van der Waals surface area contributed by atoms with E-state index in [0.29, 0.717) is 18.8 Å². The van der Waals surface area contributed by atoms with Gasteiger partial charge in [-0.25, -0.2) is 0 Å². The minimum absolute atomic E-state index is 0.107. The van der Waals surface area contributed by atoms with Gasteiger partial charge in [0.2, 0.25) is 0 Å². The second-order valence-electron chi connectivity index (χ2n) is 4.63. The molecular weight excluding hydrogens is 280 g/mol. The number of carbonyl (C=O) groups is 1. The first-order valence-corrected chi connectivity index (χ1v) is 7.03. The fraction of sp³-hybridized carbons (Fsp3) is 0.500. The first-order chi connectivity index (χ1) is 9.42. The fourth-order valence-electron chi connectivity index (χ4n) is 2.12. The van der Waals surface area contributed by atoms with E-state index in [-0.39, 0.29) is 22.1 Å². The largest absolute Gasteiger partial charge is 0.365 e. The first-order valence-electron chi connectivity index (χ1n) is 6.66. The summed E-state index contributed by atoms with van der Waals surface area (Å²) in [5.74, 6) is -0.237. The molecular formula is C14H19ClN2O3. The Bertz CT molecular complexity index is 511. The molecule has 0 N–H and O–H groups in total. The predicted molar refractivity (Wildman–Crippen MR) is 80.9 cm³/mol. The van der Waals surface area contributed by atoms with Crippen LogP contribution in [0.2, 0.25) is 5.02 Å². The second kappa shape index (κ2) is 7.24. The van der Waals surface area contributed by atoms with Crippen molar-refractivity contribution >= 4 is 28.8 Å². The van der Waals surface area contributed by atoms with Gasteiger partial charge >= 0.3 is 0 Å². The monoisotopic (exact) mass is 298 g/mol. The van der Waals surface area contributed by atoms with E-state index in [2.05, 4.69) is 0 Å². The fourth-order valence-corrected chi connectivity index (χ4v) is 2.45. The lowest BCUT2D eigenvalue weighted by Crippen LogP contribution is -2.26. The van der Waals surface area contributed by atoms with Crippen LogP contribution in [0.15, 0.2) is 12.1 Å². The van der Waals surface area contributed by atoms with Gasteiger partial charge in [-0.05, 0) is 25.8 Å².